The molecule has 6 nitrogen and oxygen atoms in total. The van der Waals surface area contributed by atoms with Crippen LogP contribution >= 0.6 is 0 Å². The van der Waals surface area contributed by atoms with Gasteiger partial charge in [0.1, 0.15) is 0 Å². The van der Waals surface area contributed by atoms with Gasteiger partial charge in [-0.15, -0.1) is 0 Å². The molecule has 1 amide bonds. The van der Waals surface area contributed by atoms with E-state index in [1.807, 2.05) is 0 Å². The van der Waals surface area contributed by atoms with E-state index >= 15 is 0 Å². The standard InChI is InChI=1S/C23H37N3O3S/c1-2-22-9-4-7-15-25(22)16-8-14-24-23(27)21-12-10-20(11-13-21)19-30(28,29)26-17-5-3-6-18-26/h10-13,22H,2-9,14-19H2,1H3,(H,24,27). The lowest BCUT2D eigenvalue weighted by molar-refractivity contribution is 0.0947. The SMILES string of the molecule is CCC1CCCCN1CCCNC(=O)c1ccc(CS(=O)(=O)N2CCCCC2)cc1. The molecule has 0 spiro atoms. The van der Waals surface area contributed by atoms with Crippen LogP contribution in [0.2, 0.25) is 0 Å². The highest BCUT2D eigenvalue weighted by Crippen LogP contribution is 2.19. The second kappa shape index (κ2) is 11.3. The minimum Gasteiger partial charge on any atom is -0.352 e. The zero-order chi connectivity index (χ0) is 21.4. The predicted octanol–water partition coefficient (Wildman–Crippen LogP) is 3.39. The lowest BCUT2D eigenvalue weighted by Crippen LogP contribution is -2.40. The Morgan fingerprint density at radius 3 is 2.43 bits per heavy atom. The van der Waals surface area contributed by atoms with Crippen LogP contribution < -0.4 is 5.32 Å². The van der Waals surface area contributed by atoms with Crippen LogP contribution in [-0.2, 0) is 15.8 Å². The number of hydrogen-bond donors (Lipinski definition) is 1. The number of carbonyl (C=O) groups excluding carboxylic acids is 1. The molecule has 0 aliphatic carbocycles. The normalized spacial score (nSPS) is 21.4. The van der Waals surface area contributed by atoms with Crippen LogP contribution in [0.3, 0.4) is 0 Å². The zero-order valence-corrected chi connectivity index (χ0v) is 19.1. The van der Waals surface area contributed by atoms with Crippen molar-refractivity contribution in [2.24, 2.45) is 0 Å². The minimum atomic E-state index is -3.28. The Morgan fingerprint density at radius 1 is 1.03 bits per heavy atom. The monoisotopic (exact) mass is 435 g/mol. The van der Waals surface area contributed by atoms with Gasteiger partial charge in [0.05, 0.1) is 5.75 Å². The van der Waals surface area contributed by atoms with Crippen molar-refractivity contribution < 1.29 is 13.2 Å². The second-order valence-corrected chi connectivity index (χ2v) is 10.6. The van der Waals surface area contributed by atoms with Gasteiger partial charge >= 0.3 is 0 Å². The van der Waals surface area contributed by atoms with Gasteiger partial charge in [0.2, 0.25) is 10.0 Å². The Morgan fingerprint density at radius 2 is 1.73 bits per heavy atom. The zero-order valence-electron chi connectivity index (χ0n) is 18.3. The smallest absolute Gasteiger partial charge is 0.251 e. The third-order valence-electron chi connectivity index (χ3n) is 6.40. The van der Waals surface area contributed by atoms with E-state index < -0.39 is 10.0 Å². The van der Waals surface area contributed by atoms with E-state index in [4.69, 9.17) is 0 Å². The molecule has 2 heterocycles. The van der Waals surface area contributed by atoms with Crippen LogP contribution in [0.4, 0.5) is 0 Å². The first-order chi connectivity index (χ1) is 14.5. The van der Waals surface area contributed by atoms with Gasteiger partial charge in [0, 0.05) is 37.8 Å². The molecule has 168 valence electrons. The van der Waals surface area contributed by atoms with Crippen molar-refractivity contribution >= 4 is 15.9 Å². The molecule has 2 aliphatic heterocycles. The largest absolute Gasteiger partial charge is 0.352 e. The van der Waals surface area contributed by atoms with Crippen molar-refractivity contribution in [2.75, 3.05) is 32.7 Å². The van der Waals surface area contributed by atoms with Gasteiger partial charge in [0.25, 0.3) is 5.91 Å². The lowest BCUT2D eigenvalue weighted by Gasteiger charge is -2.35. The number of sulfonamides is 1. The molecular weight excluding hydrogens is 398 g/mol. The Hall–Kier alpha value is -1.44. The molecule has 1 aromatic rings. The fraction of sp³-hybridized carbons (Fsp3) is 0.696. The van der Waals surface area contributed by atoms with Crippen molar-refractivity contribution in [3.05, 3.63) is 35.4 Å². The van der Waals surface area contributed by atoms with E-state index in [-0.39, 0.29) is 11.7 Å². The summed E-state index contributed by atoms with van der Waals surface area (Å²) in [6, 6.07) is 7.68. The number of likely N-dealkylation sites (tertiary alicyclic amines) is 1. The van der Waals surface area contributed by atoms with Crippen LogP contribution in [-0.4, -0.2) is 62.3 Å². The van der Waals surface area contributed by atoms with Crippen molar-refractivity contribution in [2.45, 2.75) is 70.1 Å². The molecule has 2 aliphatic rings. The molecule has 3 rings (SSSR count). The summed E-state index contributed by atoms with van der Waals surface area (Å²) in [5.74, 6) is -0.0882. The maximum atomic E-state index is 12.6. The maximum Gasteiger partial charge on any atom is 0.251 e. The van der Waals surface area contributed by atoms with Crippen LogP contribution in [0.15, 0.2) is 24.3 Å². The van der Waals surface area contributed by atoms with Gasteiger partial charge in [-0.1, -0.05) is 31.9 Å². The van der Waals surface area contributed by atoms with Crippen LogP contribution in [0.1, 0.15) is 74.2 Å². The second-order valence-electron chi connectivity index (χ2n) is 8.62. The van der Waals surface area contributed by atoms with E-state index in [1.54, 1.807) is 28.6 Å². The molecule has 0 bridgehead atoms. The highest BCUT2D eigenvalue weighted by atomic mass is 32.2. The van der Waals surface area contributed by atoms with E-state index in [0.717, 1.165) is 37.8 Å². The van der Waals surface area contributed by atoms with Gasteiger partial charge in [-0.3, -0.25) is 4.79 Å². The quantitative estimate of drug-likeness (QED) is 0.604. The van der Waals surface area contributed by atoms with Crippen molar-refractivity contribution in [1.29, 1.82) is 0 Å². The van der Waals surface area contributed by atoms with Gasteiger partial charge in [0.15, 0.2) is 0 Å². The molecule has 1 atom stereocenters. The summed E-state index contributed by atoms with van der Waals surface area (Å²) in [6.45, 7) is 6.38. The van der Waals surface area contributed by atoms with Gasteiger partial charge in [-0.05, 0) is 62.8 Å². The number of carbonyl (C=O) groups is 1. The summed E-state index contributed by atoms with van der Waals surface area (Å²) in [4.78, 5) is 15.0. The van der Waals surface area contributed by atoms with E-state index in [2.05, 4.69) is 17.1 Å². The Kier molecular flexibility index (Phi) is 8.72. The maximum absolute atomic E-state index is 12.6. The van der Waals surface area contributed by atoms with Gasteiger partial charge < -0.3 is 10.2 Å². The number of nitrogens with one attached hydrogen (secondary N) is 1. The van der Waals surface area contributed by atoms with Crippen molar-refractivity contribution in [3.8, 4) is 0 Å². The average molecular weight is 436 g/mol. The summed E-state index contributed by atoms with van der Waals surface area (Å²) in [5, 5.41) is 3.00. The number of benzene rings is 1. The number of hydrogen-bond acceptors (Lipinski definition) is 4. The van der Waals surface area contributed by atoms with Gasteiger partial charge in [-0.25, -0.2) is 12.7 Å². The minimum absolute atomic E-state index is 0.00330. The molecule has 2 fully saturated rings. The Labute approximate surface area is 182 Å². The average Bonchev–Trinajstić information content (AvgIpc) is 2.77. The summed E-state index contributed by atoms with van der Waals surface area (Å²) >= 11 is 0. The van der Waals surface area contributed by atoms with Crippen LogP contribution in [0.25, 0.3) is 0 Å². The molecule has 0 radical (unpaired) electrons. The van der Waals surface area contributed by atoms with Crippen LogP contribution in [0, 0.1) is 0 Å². The first-order valence-corrected chi connectivity index (χ1v) is 13.2. The summed E-state index contributed by atoms with van der Waals surface area (Å²) in [5.41, 5.74) is 1.31. The third-order valence-corrected chi connectivity index (χ3v) is 8.25. The first kappa shape index (κ1) is 23.2. The van der Waals surface area contributed by atoms with Gasteiger partial charge in [-0.2, -0.15) is 0 Å². The van der Waals surface area contributed by atoms with E-state index in [1.165, 1.54) is 32.2 Å². The van der Waals surface area contributed by atoms with Crippen LogP contribution in [0.5, 0.6) is 0 Å². The summed E-state index contributed by atoms with van der Waals surface area (Å²) in [7, 11) is -3.28. The number of rotatable bonds is 9. The van der Waals surface area contributed by atoms with E-state index in [9.17, 15) is 13.2 Å². The Balaban J connectivity index is 1.43. The molecule has 2 saturated heterocycles. The Bertz CT molecular complexity index is 773. The summed E-state index contributed by atoms with van der Waals surface area (Å²) < 4.78 is 26.7. The highest BCUT2D eigenvalue weighted by Gasteiger charge is 2.24. The fourth-order valence-electron chi connectivity index (χ4n) is 4.60. The van der Waals surface area contributed by atoms with Crippen molar-refractivity contribution in [1.82, 2.24) is 14.5 Å². The number of amides is 1. The molecule has 30 heavy (non-hydrogen) atoms. The number of nitrogens with zero attached hydrogens (tertiary/aromatic N) is 2. The molecular formula is C23H37N3O3S. The lowest BCUT2D eigenvalue weighted by atomic mass is 10.00. The summed E-state index contributed by atoms with van der Waals surface area (Å²) in [6.07, 6.45) is 9.05. The molecule has 0 saturated carbocycles. The fourth-order valence-corrected chi connectivity index (χ4v) is 6.21. The topological polar surface area (TPSA) is 69.7 Å². The molecule has 1 unspecified atom stereocenters. The third kappa shape index (κ3) is 6.53. The first-order valence-electron chi connectivity index (χ1n) is 11.6. The predicted molar refractivity (Wildman–Crippen MR) is 121 cm³/mol. The molecule has 1 aromatic carbocycles. The molecule has 7 heteroatoms. The molecule has 1 N–H and O–H groups in total. The van der Waals surface area contributed by atoms with E-state index in [0.29, 0.717) is 31.2 Å². The molecule has 0 aromatic heterocycles. The highest BCUT2D eigenvalue weighted by molar-refractivity contribution is 7.88. The van der Waals surface area contributed by atoms with Crippen molar-refractivity contribution in [3.63, 3.8) is 0 Å². The number of piperidine rings is 2.